The van der Waals surface area contributed by atoms with E-state index < -0.39 is 23.9 Å². The van der Waals surface area contributed by atoms with E-state index in [1.54, 1.807) is 30.3 Å². The molecule has 0 bridgehead atoms. The number of nitrogens with zero attached hydrogens (tertiary/aromatic N) is 4. The molecular formula is C27H19F3N4O2. The van der Waals surface area contributed by atoms with Gasteiger partial charge >= 0.3 is 6.43 Å². The van der Waals surface area contributed by atoms with Crippen molar-refractivity contribution in [2.75, 3.05) is 0 Å². The third-order valence-electron chi connectivity index (χ3n) is 5.52. The number of rotatable bonds is 8. The first-order valence-electron chi connectivity index (χ1n) is 10.9. The summed E-state index contributed by atoms with van der Waals surface area (Å²) in [4.78, 5) is 17.7. The summed E-state index contributed by atoms with van der Waals surface area (Å²) in [7, 11) is 0. The van der Waals surface area contributed by atoms with Gasteiger partial charge in [0.25, 0.3) is 5.89 Å². The van der Waals surface area contributed by atoms with Crippen molar-refractivity contribution >= 4 is 5.78 Å². The number of halogens is 3. The lowest BCUT2D eigenvalue weighted by Gasteiger charge is -2.13. The van der Waals surface area contributed by atoms with Gasteiger partial charge < -0.3 is 4.42 Å². The van der Waals surface area contributed by atoms with Crippen LogP contribution in [0.15, 0.2) is 71.3 Å². The van der Waals surface area contributed by atoms with Crippen LogP contribution in [-0.2, 0) is 12.8 Å². The first kappa shape index (κ1) is 24.5. The number of Topliss-reactive ketones (excluding diaryl/α,β-unsaturated/α-hetero) is 1. The zero-order valence-electron chi connectivity index (χ0n) is 19.1. The van der Waals surface area contributed by atoms with Crippen LogP contribution in [0.5, 0.6) is 0 Å². The summed E-state index contributed by atoms with van der Waals surface area (Å²) in [5.41, 5.74) is 3.38. The molecule has 0 N–H and O–H groups in total. The Labute approximate surface area is 204 Å². The molecule has 0 fully saturated rings. The van der Waals surface area contributed by atoms with Crippen molar-refractivity contribution in [3.63, 3.8) is 0 Å². The highest BCUT2D eigenvalue weighted by molar-refractivity contribution is 6.09. The number of carbonyl (C=O) groups is 1. The second kappa shape index (κ2) is 10.4. The maximum absolute atomic E-state index is 14.1. The number of hydrogen-bond donors (Lipinski definition) is 0. The maximum Gasteiger partial charge on any atom is 0.314 e. The second-order valence-corrected chi connectivity index (χ2v) is 7.92. The summed E-state index contributed by atoms with van der Waals surface area (Å²) in [6.07, 6.45) is -1.01. The molecule has 0 aliphatic heterocycles. The highest BCUT2D eigenvalue weighted by atomic mass is 19.3. The third-order valence-corrected chi connectivity index (χ3v) is 5.52. The Morgan fingerprint density at radius 1 is 1.14 bits per heavy atom. The van der Waals surface area contributed by atoms with Gasteiger partial charge in [-0.3, -0.25) is 9.78 Å². The van der Waals surface area contributed by atoms with Crippen molar-refractivity contribution in [2.45, 2.75) is 26.2 Å². The summed E-state index contributed by atoms with van der Waals surface area (Å²) in [5.74, 6) is -1.87. The molecule has 0 aliphatic rings. The molecule has 180 valence electrons. The molecule has 2 heterocycles. The molecule has 9 heteroatoms. The lowest BCUT2D eigenvalue weighted by atomic mass is 9.91. The molecule has 0 spiro atoms. The molecule has 2 aromatic heterocycles. The zero-order chi connectivity index (χ0) is 25.8. The lowest BCUT2D eigenvalue weighted by Crippen LogP contribution is -2.10. The summed E-state index contributed by atoms with van der Waals surface area (Å²) in [5, 5.41) is 16.1. The van der Waals surface area contributed by atoms with E-state index in [4.69, 9.17) is 4.42 Å². The normalized spacial score (nSPS) is 10.9. The molecule has 6 nitrogen and oxygen atoms in total. The molecule has 0 aliphatic carbocycles. The van der Waals surface area contributed by atoms with Crippen LogP contribution in [-0.4, -0.2) is 21.0 Å². The van der Waals surface area contributed by atoms with Crippen molar-refractivity contribution in [2.24, 2.45) is 0 Å². The molecule has 4 aromatic rings. The topological polar surface area (TPSA) is 92.7 Å². The lowest BCUT2D eigenvalue weighted by molar-refractivity contribution is 0.103. The van der Waals surface area contributed by atoms with E-state index in [0.29, 0.717) is 34.4 Å². The predicted molar refractivity (Wildman–Crippen MR) is 126 cm³/mol. The largest absolute Gasteiger partial charge is 0.415 e. The number of ketones is 1. The van der Waals surface area contributed by atoms with Crippen LogP contribution in [0.1, 0.15) is 46.4 Å². The van der Waals surface area contributed by atoms with E-state index in [0.717, 1.165) is 0 Å². The minimum atomic E-state index is -2.92. The fourth-order valence-corrected chi connectivity index (χ4v) is 3.76. The summed E-state index contributed by atoms with van der Waals surface area (Å²) < 4.78 is 44.8. The number of alkyl halides is 2. The summed E-state index contributed by atoms with van der Waals surface area (Å²) in [6.45, 7) is 5.77. The van der Waals surface area contributed by atoms with Crippen LogP contribution < -0.4 is 0 Å². The molecule has 0 saturated carbocycles. The Kier molecular flexibility index (Phi) is 7.06. The molecule has 2 aromatic carbocycles. The van der Waals surface area contributed by atoms with Gasteiger partial charge in [0.05, 0.1) is 22.9 Å². The Bertz CT molecular complexity index is 1510. The monoisotopic (exact) mass is 488 g/mol. The number of carbonyl (C=O) groups excluding carboxylic acids is 1. The van der Waals surface area contributed by atoms with Gasteiger partial charge in [-0.25, -0.2) is 4.39 Å². The molecule has 0 radical (unpaired) electrons. The van der Waals surface area contributed by atoms with Crippen molar-refractivity contribution in [3.05, 3.63) is 101 Å². The maximum atomic E-state index is 14.1. The highest BCUT2D eigenvalue weighted by Crippen LogP contribution is 2.29. The Balaban J connectivity index is 1.66. The number of nitriles is 1. The Morgan fingerprint density at radius 3 is 2.64 bits per heavy atom. The van der Waals surface area contributed by atoms with Crippen molar-refractivity contribution in [3.8, 4) is 28.7 Å². The fraction of sp³-hybridized carbons (Fsp3) is 0.148. The standard InChI is InChI=1S/C27H19F3N4O2/c1-3-23-22(11-19(14-32-23)26-33-34-27(36-26)25(29)30)24(35)15(2)9-18-7-8-20(28)12-21(18)17-6-4-5-16(10-17)13-31/h4-8,10-12,14,25H,2-3,9H2,1H3. The SMILES string of the molecule is C=C(Cc1ccc(F)cc1-c1cccc(C#N)c1)C(=O)c1cc(-c2nnc(C(F)F)o2)cnc1CC. The van der Waals surface area contributed by atoms with E-state index in [2.05, 4.69) is 27.8 Å². The number of allylic oxidation sites excluding steroid dienone is 1. The molecule has 0 atom stereocenters. The van der Waals surface area contributed by atoms with Crippen LogP contribution in [0, 0.1) is 17.1 Å². The summed E-state index contributed by atoms with van der Waals surface area (Å²) in [6, 6.07) is 14.5. The van der Waals surface area contributed by atoms with Crippen molar-refractivity contribution < 1.29 is 22.4 Å². The number of benzene rings is 2. The van der Waals surface area contributed by atoms with Gasteiger partial charge in [-0.15, -0.1) is 10.2 Å². The van der Waals surface area contributed by atoms with Gasteiger partial charge in [-0.1, -0.05) is 31.7 Å². The third kappa shape index (κ3) is 5.08. The Hall–Kier alpha value is -4.58. The molecular weight excluding hydrogens is 469 g/mol. The smallest absolute Gasteiger partial charge is 0.314 e. The molecule has 0 unspecified atom stereocenters. The molecule has 36 heavy (non-hydrogen) atoms. The average molecular weight is 488 g/mol. The fourth-order valence-electron chi connectivity index (χ4n) is 3.76. The van der Waals surface area contributed by atoms with Crippen molar-refractivity contribution in [1.82, 2.24) is 15.2 Å². The number of aromatic nitrogens is 3. The number of aryl methyl sites for hydroxylation is 1. The van der Waals surface area contributed by atoms with Crippen LogP contribution in [0.25, 0.3) is 22.6 Å². The van der Waals surface area contributed by atoms with E-state index in [1.807, 2.05) is 6.92 Å². The van der Waals surface area contributed by atoms with Gasteiger partial charge in [0.2, 0.25) is 5.89 Å². The van der Waals surface area contributed by atoms with Crippen LogP contribution in [0.2, 0.25) is 0 Å². The van der Waals surface area contributed by atoms with E-state index in [1.165, 1.54) is 24.4 Å². The van der Waals surface area contributed by atoms with E-state index in [9.17, 15) is 23.2 Å². The minimum Gasteiger partial charge on any atom is -0.415 e. The molecule has 0 saturated heterocycles. The van der Waals surface area contributed by atoms with Gasteiger partial charge in [-0.05, 0) is 59.0 Å². The number of hydrogen-bond acceptors (Lipinski definition) is 6. The first-order valence-corrected chi connectivity index (χ1v) is 10.9. The van der Waals surface area contributed by atoms with Gasteiger partial charge in [0.1, 0.15) is 5.82 Å². The Morgan fingerprint density at radius 2 is 1.94 bits per heavy atom. The zero-order valence-corrected chi connectivity index (χ0v) is 19.1. The van der Waals surface area contributed by atoms with E-state index in [-0.39, 0.29) is 29.0 Å². The number of pyridine rings is 1. The van der Waals surface area contributed by atoms with Gasteiger partial charge in [0.15, 0.2) is 5.78 Å². The molecule has 4 rings (SSSR count). The highest BCUT2D eigenvalue weighted by Gasteiger charge is 2.21. The quantitative estimate of drug-likeness (QED) is 0.214. The van der Waals surface area contributed by atoms with Gasteiger partial charge in [-0.2, -0.15) is 14.0 Å². The first-order chi connectivity index (χ1) is 17.3. The average Bonchev–Trinajstić information content (AvgIpc) is 3.40. The molecule has 0 amide bonds. The minimum absolute atomic E-state index is 0.106. The van der Waals surface area contributed by atoms with Crippen LogP contribution >= 0.6 is 0 Å². The van der Waals surface area contributed by atoms with Gasteiger partial charge in [0, 0.05) is 18.2 Å². The van der Waals surface area contributed by atoms with Crippen LogP contribution in [0.3, 0.4) is 0 Å². The van der Waals surface area contributed by atoms with Crippen LogP contribution in [0.4, 0.5) is 13.2 Å². The van der Waals surface area contributed by atoms with E-state index >= 15 is 0 Å². The summed E-state index contributed by atoms with van der Waals surface area (Å²) >= 11 is 0. The predicted octanol–water partition coefficient (Wildman–Crippen LogP) is 6.29. The second-order valence-electron chi connectivity index (χ2n) is 7.92. The van der Waals surface area contributed by atoms with Crippen molar-refractivity contribution in [1.29, 1.82) is 5.26 Å².